The van der Waals surface area contributed by atoms with E-state index in [4.69, 9.17) is 5.73 Å². The highest BCUT2D eigenvalue weighted by Crippen LogP contribution is 2.45. The minimum atomic E-state index is -0.748. The fraction of sp³-hybridized carbons (Fsp3) is 0.375. The molecule has 1 aliphatic carbocycles. The summed E-state index contributed by atoms with van der Waals surface area (Å²) in [4.78, 5) is 25.0. The van der Waals surface area contributed by atoms with Gasteiger partial charge in [0, 0.05) is 24.2 Å². The Labute approximate surface area is 192 Å². The number of nitrogens with one attached hydrogen (secondary N) is 3. The highest BCUT2D eigenvalue weighted by atomic mass is 16.2. The summed E-state index contributed by atoms with van der Waals surface area (Å²) in [5, 5.41) is 20.9. The Morgan fingerprint density at radius 2 is 1.52 bits per heavy atom. The minimum absolute atomic E-state index is 0.107. The van der Waals surface area contributed by atoms with Crippen LogP contribution in [0.25, 0.3) is 0 Å². The normalized spacial score (nSPS) is 14.0. The van der Waals surface area contributed by atoms with Gasteiger partial charge in [-0.1, -0.05) is 17.3 Å². The number of nitrogens with zero attached hydrogens (tertiary/aromatic N) is 3. The fourth-order valence-electron chi connectivity index (χ4n) is 4.84. The van der Waals surface area contributed by atoms with Crippen molar-refractivity contribution in [3.63, 3.8) is 0 Å². The molecule has 2 amide bonds. The quantitative estimate of drug-likeness (QED) is 0.433. The van der Waals surface area contributed by atoms with Crippen molar-refractivity contribution in [2.24, 2.45) is 5.73 Å². The van der Waals surface area contributed by atoms with Gasteiger partial charge in [-0.15, -0.1) is 10.2 Å². The number of fused-ring (bicyclic) bond motifs is 2. The number of aromatic nitrogens is 4. The van der Waals surface area contributed by atoms with Crippen molar-refractivity contribution < 1.29 is 9.59 Å². The van der Waals surface area contributed by atoms with E-state index in [9.17, 15) is 9.59 Å². The maximum absolute atomic E-state index is 12.5. The number of rotatable bonds is 7. The molecule has 5 N–H and O–H groups in total. The zero-order valence-corrected chi connectivity index (χ0v) is 18.9. The van der Waals surface area contributed by atoms with E-state index in [-0.39, 0.29) is 11.8 Å². The Hall–Kier alpha value is -3.59. The van der Waals surface area contributed by atoms with Crippen molar-refractivity contribution in [2.75, 3.05) is 19.6 Å². The average molecular weight is 448 g/mol. The first-order valence-corrected chi connectivity index (χ1v) is 11.3. The Bertz CT molecular complexity index is 1090. The van der Waals surface area contributed by atoms with Crippen LogP contribution in [-0.4, -0.2) is 52.1 Å². The van der Waals surface area contributed by atoms with E-state index in [0.717, 1.165) is 22.3 Å². The smallest absolute Gasteiger partial charge is 0.251 e. The molecule has 33 heavy (non-hydrogen) atoms. The summed E-state index contributed by atoms with van der Waals surface area (Å²) in [6.07, 6.45) is 1.96. The van der Waals surface area contributed by atoms with E-state index >= 15 is 0 Å². The number of hydrogen-bond donors (Lipinski definition) is 4. The van der Waals surface area contributed by atoms with E-state index in [1.165, 1.54) is 0 Å². The van der Waals surface area contributed by atoms with Gasteiger partial charge in [-0.25, -0.2) is 0 Å². The molecule has 1 aromatic heterocycles. The molecule has 0 atom stereocenters. The number of benzene rings is 2. The summed E-state index contributed by atoms with van der Waals surface area (Å²) < 4.78 is 0. The average Bonchev–Trinajstić information content (AvgIpc) is 3.33. The van der Waals surface area contributed by atoms with E-state index in [1.54, 1.807) is 0 Å². The van der Waals surface area contributed by atoms with Gasteiger partial charge in [-0.05, 0) is 86.2 Å². The molecule has 0 saturated carbocycles. The van der Waals surface area contributed by atoms with Crippen molar-refractivity contribution in [1.29, 1.82) is 0 Å². The fourth-order valence-corrected chi connectivity index (χ4v) is 4.84. The van der Waals surface area contributed by atoms with Crippen LogP contribution in [0.15, 0.2) is 36.4 Å². The zero-order valence-electron chi connectivity index (χ0n) is 18.9. The first-order chi connectivity index (χ1) is 16.0. The SMILES string of the molecule is CCNC(=O)c1ccc2c(c1)CCc1cc(C(=O)NCC)ccc1C2(CCN)c1nn[nH]n1. The topological polar surface area (TPSA) is 139 Å². The van der Waals surface area contributed by atoms with Gasteiger partial charge in [-0.2, -0.15) is 5.21 Å². The van der Waals surface area contributed by atoms with Gasteiger partial charge in [0.25, 0.3) is 11.8 Å². The standard InChI is InChI=1S/C24H29N7O2/c1-3-26-21(32)17-7-9-19-15(13-17)5-6-16-14-18(22(33)27-4-2)8-10-20(16)24(19,11-12-25)23-28-30-31-29-23/h7-10,13-14H,3-6,11-12,25H2,1-2H3,(H,26,32)(H,27,33)(H,28,29,30,31). The molecule has 9 nitrogen and oxygen atoms in total. The van der Waals surface area contributed by atoms with Crippen molar-refractivity contribution in [3.8, 4) is 0 Å². The molecule has 0 aliphatic heterocycles. The van der Waals surface area contributed by atoms with Crippen LogP contribution >= 0.6 is 0 Å². The van der Waals surface area contributed by atoms with Crippen LogP contribution in [-0.2, 0) is 18.3 Å². The number of carbonyl (C=O) groups excluding carboxylic acids is 2. The van der Waals surface area contributed by atoms with Gasteiger partial charge in [0.1, 0.15) is 0 Å². The molecule has 0 fully saturated rings. The van der Waals surface area contributed by atoms with Crippen LogP contribution < -0.4 is 16.4 Å². The van der Waals surface area contributed by atoms with E-state index in [2.05, 4.69) is 31.3 Å². The summed E-state index contributed by atoms with van der Waals surface area (Å²) >= 11 is 0. The number of tetrazole rings is 1. The van der Waals surface area contributed by atoms with Crippen LogP contribution in [0.1, 0.15) is 69.1 Å². The molecule has 1 aliphatic rings. The van der Waals surface area contributed by atoms with Crippen LogP contribution in [0, 0.1) is 0 Å². The molecule has 0 radical (unpaired) electrons. The summed E-state index contributed by atoms with van der Waals surface area (Å²) in [6.45, 7) is 5.30. The first kappa shape index (κ1) is 22.6. The molecule has 0 saturated heterocycles. The van der Waals surface area contributed by atoms with Gasteiger partial charge >= 0.3 is 0 Å². The number of hydrogen-bond acceptors (Lipinski definition) is 6. The molecule has 2 aromatic carbocycles. The molecular formula is C24H29N7O2. The van der Waals surface area contributed by atoms with Crippen molar-refractivity contribution in [1.82, 2.24) is 31.3 Å². The van der Waals surface area contributed by atoms with Gasteiger partial charge in [0.15, 0.2) is 5.82 Å². The largest absolute Gasteiger partial charge is 0.352 e. The molecule has 0 bridgehead atoms. The summed E-state index contributed by atoms with van der Waals surface area (Å²) in [6, 6.07) is 11.5. The second kappa shape index (κ2) is 9.50. The second-order valence-corrected chi connectivity index (χ2v) is 8.14. The number of carbonyl (C=O) groups is 2. The lowest BCUT2D eigenvalue weighted by Crippen LogP contribution is -2.35. The molecule has 9 heteroatoms. The maximum atomic E-state index is 12.5. The van der Waals surface area contributed by atoms with Crippen molar-refractivity contribution in [2.45, 2.75) is 38.5 Å². The lowest BCUT2D eigenvalue weighted by atomic mass is 9.69. The third-order valence-electron chi connectivity index (χ3n) is 6.24. The van der Waals surface area contributed by atoms with Gasteiger partial charge in [-0.3, -0.25) is 9.59 Å². The third kappa shape index (κ3) is 4.00. The number of amides is 2. The minimum Gasteiger partial charge on any atom is -0.352 e. The van der Waals surface area contributed by atoms with Crippen LogP contribution in [0.3, 0.4) is 0 Å². The summed E-state index contributed by atoms with van der Waals surface area (Å²) in [5.74, 6) is 0.308. The van der Waals surface area contributed by atoms with Crippen LogP contribution in [0.5, 0.6) is 0 Å². The van der Waals surface area contributed by atoms with Crippen LogP contribution in [0.2, 0.25) is 0 Å². The van der Waals surface area contributed by atoms with Crippen molar-refractivity contribution >= 4 is 11.8 Å². The van der Waals surface area contributed by atoms with Gasteiger partial charge in [0.05, 0.1) is 5.41 Å². The van der Waals surface area contributed by atoms with E-state index in [0.29, 0.717) is 55.8 Å². The summed E-state index contributed by atoms with van der Waals surface area (Å²) in [5.41, 5.74) is 10.7. The highest BCUT2D eigenvalue weighted by Gasteiger charge is 2.44. The third-order valence-corrected chi connectivity index (χ3v) is 6.24. The molecular weight excluding hydrogens is 418 g/mol. The maximum Gasteiger partial charge on any atom is 0.251 e. The lowest BCUT2D eigenvalue weighted by Gasteiger charge is -2.33. The Morgan fingerprint density at radius 3 is 1.94 bits per heavy atom. The van der Waals surface area contributed by atoms with E-state index < -0.39 is 5.41 Å². The number of aryl methyl sites for hydroxylation is 2. The molecule has 4 rings (SSSR count). The summed E-state index contributed by atoms with van der Waals surface area (Å²) in [7, 11) is 0. The predicted octanol–water partition coefficient (Wildman–Crippen LogP) is 1.48. The van der Waals surface area contributed by atoms with Crippen LogP contribution in [0.4, 0.5) is 0 Å². The zero-order chi connectivity index (χ0) is 23.4. The Kier molecular flexibility index (Phi) is 6.50. The molecule has 3 aromatic rings. The number of nitrogens with two attached hydrogens (primary N) is 1. The lowest BCUT2D eigenvalue weighted by molar-refractivity contribution is 0.0947. The Balaban J connectivity index is 1.94. The van der Waals surface area contributed by atoms with Crippen molar-refractivity contribution in [3.05, 3.63) is 75.6 Å². The first-order valence-electron chi connectivity index (χ1n) is 11.3. The molecule has 0 spiro atoms. The predicted molar refractivity (Wildman–Crippen MR) is 124 cm³/mol. The highest BCUT2D eigenvalue weighted by molar-refractivity contribution is 5.95. The molecule has 0 unspecified atom stereocenters. The van der Waals surface area contributed by atoms with E-state index in [1.807, 2.05) is 50.2 Å². The molecule has 172 valence electrons. The second-order valence-electron chi connectivity index (χ2n) is 8.14. The molecule has 1 heterocycles. The number of aromatic amines is 1. The monoisotopic (exact) mass is 447 g/mol. The van der Waals surface area contributed by atoms with Gasteiger partial charge < -0.3 is 16.4 Å². The Morgan fingerprint density at radius 1 is 0.970 bits per heavy atom. The van der Waals surface area contributed by atoms with Gasteiger partial charge in [0.2, 0.25) is 0 Å². The number of H-pyrrole nitrogens is 1.